The lowest BCUT2D eigenvalue weighted by Crippen LogP contribution is -2.12. The van der Waals surface area contributed by atoms with Crippen molar-refractivity contribution in [2.75, 3.05) is 0 Å². The van der Waals surface area contributed by atoms with Crippen molar-refractivity contribution in [3.8, 4) is 0 Å². The zero-order valence-electron chi connectivity index (χ0n) is 10.7. The summed E-state index contributed by atoms with van der Waals surface area (Å²) in [5, 5.41) is 4.89. The fourth-order valence-corrected chi connectivity index (χ4v) is 2.73. The lowest BCUT2D eigenvalue weighted by atomic mass is 10.2. The highest BCUT2D eigenvalue weighted by atomic mass is 79.9. The van der Waals surface area contributed by atoms with E-state index in [-0.39, 0.29) is 10.8 Å². The molecule has 1 heterocycles. The maximum atomic E-state index is 13.5. The van der Waals surface area contributed by atoms with Gasteiger partial charge < -0.3 is 4.57 Å². The number of benzene rings is 1. The lowest BCUT2D eigenvalue weighted by Gasteiger charge is -2.08. The fourth-order valence-electron chi connectivity index (χ4n) is 1.84. The predicted octanol–water partition coefficient (Wildman–Crippen LogP) is 2.04. The molecule has 0 aliphatic carbocycles. The Morgan fingerprint density at radius 2 is 2.15 bits per heavy atom. The van der Waals surface area contributed by atoms with Gasteiger partial charge in [0.05, 0.1) is 11.0 Å². The van der Waals surface area contributed by atoms with Gasteiger partial charge in [0.15, 0.2) is 5.03 Å². The Kier molecular flexibility index (Phi) is 4.26. The lowest BCUT2D eigenvalue weighted by molar-refractivity contribution is 0.594. The van der Waals surface area contributed by atoms with E-state index in [9.17, 15) is 12.8 Å². The summed E-state index contributed by atoms with van der Waals surface area (Å²) in [6.45, 7) is 2.16. The molecule has 20 heavy (non-hydrogen) atoms. The molecule has 0 saturated carbocycles. The van der Waals surface area contributed by atoms with Gasteiger partial charge in [0.2, 0.25) is 0 Å². The molecule has 5 nitrogen and oxygen atoms in total. The third-order valence-electron chi connectivity index (χ3n) is 2.82. The maximum Gasteiger partial charge on any atom is 0.257 e. The van der Waals surface area contributed by atoms with Gasteiger partial charge >= 0.3 is 0 Å². The molecule has 2 rings (SSSR count). The minimum atomic E-state index is -3.84. The molecule has 1 aromatic heterocycles. The minimum absolute atomic E-state index is 0.179. The number of aryl methyl sites for hydroxylation is 1. The number of rotatable bonds is 4. The Morgan fingerprint density at radius 1 is 1.45 bits per heavy atom. The Bertz CT molecular complexity index is 743. The van der Waals surface area contributed by atoms with Gasteiger partial charge in [-0.3, -0.25) is 0 Å². The molecule has 0 unspecified atom stereocenters. The van der Waals surface area contributed by atoms with Crippen LogP contribution in [0.4, 0.5) is 4.39 Å². The number of hydrogen-bond acceptors (Lipinski definition) is 3. The van der Waals surface area contributed by atoms with E-state index in [1.165, 1.54) is 12.3 Å². The molecular formula is C12H13BrFN3O2S. The summed E-state index contributed by atoms with van der Waals surface area (Å²) < 4.78 is 38.1. The SMILES string of the molecule is CCc1nc(S(N)(=O)=O)cn1Cc1cccc(F)c1Br. The molecule has 2 N–H and O–H groups in total. The van der Waals surface area contributed by atoms with Crippen LogP contribution in [0.25, 0.3) is 0 Å². The van der Waals surface area contributed by atoms with Crippen molar-refractivity contribution in [2.45, 2.75) is 24.9 Å². The first-order valence-electron chi connectivity index (χ1n) is 5.84. The molecule has 1 aromatic carbocycles. The van der Waals surface area contributed by atoms with Gasteiger partial charge in [-0.05, 0) is 27.6 Å². The van der Waals surface area contributed by atoms with Crippen molar-refractivity contribution in [1.29, 1.82) is 0 Å². The summed E-state index contributed by atoms with van der Waals surface area (Å²) in [5.74, 6) is 0.206. The summed E-state index contributed by atoms with van der Waals surface area (Å²) in [4.78, 5) is 3.99. The van der Waals surface area contributed by atoms with Crippen LogP contribution in [0.2, 0.25) is 0 Å². The van der Waals surface area contributed by atoms with E-state index < -0.39 is 10.0 Å². The first-order valence-corrected chi connectivity index (χ1v) is 8.18. The van der Waals surface area contributed by atoms with Crippen LogP contribution in [0.5, 0.6) is 0 Å². The number of aromatic nitrogens is 2. The molecule has 0 fully saturated rings. The highest BCUT2D eigenvalue weighted by molar-refractivity contribution is 9.10. The van der Waals surface area contributed by atoms with E-state index in [1.54, 1.807) is 16.7 Å². The molecule has 0 aliphatic heterocycles. The monoisotopic (exact) mass is 361 g/mol. The van der Waals surface area contributed by atoms with Crippen molar-refractivity contribution < 1.29 is 12.8 Å². The fraction of sp³-hybridized carbons (Fsp3) is 0.250. The van der Waals surface area contributed by atoms with Gasteiger partial charge in [0, 0.05) is 12.6 Å². The Labute approximate surface area is 124 Å². The second-order valence-corrected chi connectivity index (χ2v) is 6.54. The van der Waals surface area contributed by atoms with Crippen molar-refractivity contribution in [1.82, 2.24) is 9.55 Å². The molecule has 108 valence electrons. The first-order chi connectivity index (χ1) is 9.32. The van der Waals surface area contributed by atoms with Crippen molar-refractivity contribution >= 4 is 26.0 Å². The summed E-state index contributed by atoms with van der Waals surface area (Å²) in [7, 11) is -3.84. The van der Waals surface area contributed by atoms with Gasteiger partial charge in [-0.25, -0.2) is 22.9 Å². The topological polar surface area (TPSA) is 78.0 Å². The molecule has 0 spiro atoms. The third kappa shape index (κ3) is 3.08. The van der Waals surface area contributed by atoms with Crippen molar-refractivity contribution in [3.63, 3.8) is 0 Å². The van der Waals surface area contributed by atoms with E-state index >= 15 is 0 Å². The van der Waals surface area contributed by atoms with Crippen LogP contribution in [-0.2, 0) is 23.0 Å². The van der Waals surface area contributed by atoms with Crippen LogP contribution in [0.3, 0.4) is 0 Å². The largest absolute Gasteiger partial charge is 0.329 e. The molecule has 0 atom stereocenters. The quantitative estimate of drug-likeness (QED) is 0.904. The van der Waals surface area contributed by atoms with Gasteiger partial charge in [-0.2, -0.15) is 0 Å². The van der Waals surface area contributed by atoms with Gasteiger partial charge in [-0.1, -0.05) is 19.1 Å². The van der Waals surface area contributed by atoms with Crippen LogP contribution in [0.15, 0.2) is 33.9 Å². The van der Waals surface area contributed by atoms with E-state index in [1.807, 2.05) is 6.92 Å². The molecular weight excluding hydrogens is 349 g/mol. The van der Waals surface area contributed by atoms with E-state index in [2.05, 4.69) is 20.9 Å². The predicted molar refractivity (Wildman–Crippen MR) is 76.2 cm³/mol. The highest BCUT2D eigenvalue weighted by Crippen LogP contribution is 2.22. The van der Waals surface area contributed by atoms with Crippen LogP contribution < -0.4 is 5.14 Å². The smallest absolute Gasteiger partial charge is 0.257 e. The number of sulfonamides is 1. The standard InChI is InChI=1S/C12H13BrFN3O2S/c1-2-10-16-11(20(15,18)19)7-17(10)6-8-4-3-5-9(14)12(8)13/h3-5,7H,2,6H2,1H3,(H2,15,18,19). The molecule has 0 aliphatic rings. The average molecular weight is 362 g/mol. The Balaban J connectivity index is 2.43. The van der Waals surface area contributed by atoms with E-state index in [0.717, 1.165) is 0 Å². The number of hydrogen-bond donors (Lipinski definition) is 1. The number of nitrogens with two attached hydrogens (primary N) is 1. The van der Waals surface area contributed by atoms with Crippen LogP contribution >= 0.6 is 15.9 Å². The van der Waals surface area contributed by atoms with E-state index in [4.69, 9.17) is 5.14 Å². The molecule has 0 bridgehead atoms. The molecule has 0 amide bonds. The summed E-state index contributed by atoms with van der Waals surface area (Å²) in [5.41, 5.74) is 0.693. The van der Waals surface area contributed by atoms with Crippen molar-refractivity contribution in [2.24, 2.45) is 5.14 Å². The van der Waals surface area contributed by atoms with Gasteiger partial charge in [0.1, 0.15) is 11.6 Å². The number of halogens is 2. The zero-order valence-corrected chi connectivity index (χ0v) is 13.1. The van der Waals surface area contributed by atoms with Crippen molar-refractivity contribution in [3.05, 3.63) is 46.1 Å². The summed E-state index contributed by atoms with van der Waals surface area (Å²) in [6, 6.07) is 4.69. The normalized spacial score (nSPS) is 11.8. The summed E-state index contributed by atoms with van der Waals surface area (Å²) in [6.07, 6.45) is 1.91. The average Bonchev–Trinajstić information content (AvgIpc) is 2.78. The van der Waals surface area contributed by atoms with E-state index in [0.29, 0.717) is 28.8 Å². The first kappa shape index (κ1) is 15.1. The number of nitrogens with zero attached hydrogens (tertiary/aromatic N) is 2. The second kappa shape index (κ2) is 5.63. The molecule has 0 saturated heterocycles. The number of imidazole rings is 1. The molecule has 8 heteroatoms. The second-order valence-electron chi connectivity index (χ2n) is 4.23. The third-order valence-corrected chi connectivity index (χ3v) is 4.48. The van der Waals surface area contributed by atoms with Gasteiger partial charge in [0.25, 0.3) is 10.0 Å². The Hall–Kier alpha value is -1.25. The van der Waals surface area contributed by atoms with Crippen LogP contribution in [0.1, 0.15) is 18.3 Å². The highest BCUT2D eigenvalue weighted by Gasteiger charge is 2.16. The zero-order chi connectivity index (χ0) is 14.9. The molecule has 2 aromatic rings. The van der Waals surface area contributed by atoms with Gasteiger partial charge in [-0.15, -0.1) is 0 Å². The number of primary sulfonamides is 1. The maximum absolute atomic E-state index is 13.5. The van der Waals surface area contributed by atoms with Crippen LogP contribution in [0, 0.1) is 5.82 Å². The Morgan fingerprint density at radius 3 is 2.75 bits per heavy atom. The summed E-state index contributed by atoms with van der Waals surface area (Å²) >= 11 is 3.18. The minimum Gasteiger partial charge on any atom is -0.329 e. The molecule has 0 radical (unpaired) electrons. The van der Waals surface area contributed by atoms with Crippen LogP contribution in [-0.4, -0.2) is 18.0 Å².